The third kappa shape index (κ3) is 5.79. The van der Waals surface area contributed by atoms with E-state index >= 15 is 0 Å². The van der Waals surface area contributed by atoms with Crippen LogP contribution in [-0.2, 0) is 11.8 Å². The molecule has 0 saturated heterocycles. The number of benzene rings is 2. The van der Waals surface area contributed by atoms with E-state index in [1.165, 1.54) is 0 Å². The molecule has 2 aromatic carbocycles. The number of hydrogen-bond acceptors (Lipinski definition) is 5. The summed E-state index contributed by atoms with van der Waals surface area (Å²) in [6.07, 6.45) is 0.757. The van der Waals surface area contributed by atoms with Gasteiger partial charge >= 0.3 is 0 Å². The van der Waals surface area contributed by atoms with Crippen LogP contribution in [0.2, 0.25) is 0 Å². The van der Waals surface area contributed by atoms with Gasteiger partial charge in [-0.05, 0) is 48.2 Å². The van der Waals surface area contributed by atoms with Gasteiger partial charge in [0.1, 0.15) is 36.2 Å². The van der Waals surface area contributed by atoms with E-state index in [1.807, 2.05) is 36.4 Å². The SMILES string of the molecule is COc1ccc(CCN)c(OCCOc2ccc(OC)cc2C(C)(C)C)c1. The van der Waals surface area contributed by atoms with Crippen LogP contribution in [0.25, 0.3) is 0 Å². The summed E-state index contributed by atoms with van der Waals surface area (Å²) in [4.78, 5) is 0. The van der Waals surface area contributed by atoms with Crippen LogP contribution in [0.1, 0.15) is 31.9 Å². The van der Waals surface area contributed by atoms with Crippen LogP contribution in [0.15, 0.2) is 36.4 Å². The Bertz CT molecular complexity index is 738. The van der Waals surface area contributed by atoms with Gasteiger partial charge in [0.25, 0.3) is 0 Å². The lowest BCUT2D eigenvalue weighted by Crippen LogP contribution is -2.16. The predicted molar refractivity (Wildman–Crippen MR) is 108 cm³/mol. The van der Waals surface area contributed by atoms with E-state index in [0.717, 1.165) is 40.5 Å². The summed E-state index contributed by atoms with van der Waals surface area (Å²) >= 11 is 0. The smallest absolute Gasteiger partial charge is 0.126 e. The zero-order valence-electron chi connectivity index (χ0n) is 17.0. The van der Waals surface area contributed by atoms with Crippen molar-refractivity contribution in [3.8, 4) is 23.0 Å². The van der Waals surface area contributed by atoms with E-state index < -0.39 is 0 Å². The molecule has 0 radical (unpaired) electrons. The van der Waals surface area contributed by atoms with Gasteiger partial charge in [0.2, 0.25) is 0 Å². The highest BCUT2D eigenvalue weighted by Crippen LogP contribution is 2.34. The summed E-state index contributed by atoms with van der Waals surface area (Å²) in [6, 6.07) is 11.7. The minimum atomic E-state index is -0.0498. The molecule has 0 atom stereocenters. The molecule has 2 aromatic rings. The normalized spacial score (nSPS) is 11.2. The molecule has 0 unspecified atom stereocenters. The van der Waals surface area contributed by atoms with Crippen LogP contribution in [0.5, 0.6) is 23.0 Å². The zero-order chi connectivity index (χ0) is 19.9. The van der Waals surface area contributed by atoms with E-state index in [4.69, 9.17) is 24.7 Å². The summed E-state index contributed by atoms with van der Waals surface area (Å²) in [6.45, 7) is 7.90. The Hall–Kier alpha value is -2.40. The maximum atomic E-state index is 6.00. The fourth-order valence-corrected chi connectivity index (χ4v) is 2.81. The Balaban J connectivity index is 2.03. The van der Waals surface area contributed by atoms with Crippen molar-refractivity contribution in [3.05, 3.63) is 47.5 Å². The molecule has 2 rings (SSSR count). The second-order valence-corrected chi connectivity index (χ2v) is 7.32. The Morgan fingerprint density at radius 3 is 2.00 bits per heavy atom. The van der Waals surface area contributed by atoms with Crippen LogP contribution in [0, 0.1) is 0 Å². The second kappa shape index (κ2) is 9.51. The molecule has 27 heavy (non-hydrogen) atoms. The summed E-state index contributed by atoms with van der Waals surface area (Å²) in [5, 5.41) is 0. The molecule has 0 bridgehead atoms. The topological polar surface area (TPSA) is 62.9 Å². The predicted octanol–water partition coefficient (Wildman–Crippen LogP) is 3.96. The first kappa shape index (κ1) is 20.9. The van der Waals surface area contributed by atoms with E-state index in [0.29, 0.717) is 19.8 Å². The van der Waals surface area contributed by atoms with Crippen molar-refractivity contribution in [2.24, 2.45) is 5.73 Å². The van der Waals surface area contributed by atoms with E-state index in [1.54, 1.807) is 14.2 Å². The lowest BCUT2D eigenvalue weighted by molar-refractivity contribution is 0.212. The number of rotatable bonds is 9. The number of ether oxygens (including phenoxy) is 4. The molecule has 0 aliphatic carbocycles. The molecule has 0 fully saturated rings. The van der Waals surface area contributed by atoms with Crippen molar-refractivity contribution in [1.29, 1.82) is 0 Å². The molecular weight excluding hydrogens is 342 g/mol. The van der Waals surface area contributed by atoms with Crippen molar-refractivity contribution in [2.75, 3.05) is 34.0 Å². The van der Waals surface area contributed by atoms with Crippen molar-refractivity contribution in [3.63, 3.8) is 0 Å². The van der Waals surface area contributed by atoms with Crippen molar-refractivity contribution in [1.82, 2.24) is 0 Å². The van der Waals surface area contributed by atoms with Gasteiger partial charge in [-0.1, -0.05) is 26.8 Å². The van der Waals surface area contributed by atoms with Gasteiger partial charge in [-0.3, -0.25) is 0 Å². The average Bonchev–Trinajstić information content (AvgIpc) is 2.65. The average molecular weight is 373 g/mol. The standard InChI is InChI=1S/C22H31NO4/c1-22(2,3)19-14-17(24-4)8-9-20(19)26-12-13-27-21-15-18(25-5)7-6-16(21)10-11-23/h6-9,14-15H,10-13,23H2,1-5H3. The molecule has 0 saturated carbocycles. The molecule has 0 amide bonds. The van der Waals surface area contributed by atoms with Gasteiger partial charge in [-0.25, -0.2) is 0 Å². The highest BCUT2D eigenvalue weighted by molar-refractivity contribution is 5.44. The van der Waals surface area contributed by atoms with E-state index in [9.17, 15) is 0 Å². The molecular formula is C22H31NO4. The Kier molecular flexibility index (Phi) is 7.36. The van der Waals surface area contributed by atoms with Crippen LogP contribution in [0.3, 0.4) is 0 Å². The molecule has 5 heteroatoms. The lowest BCUT2D eigenvalue weighted by Gasteiger charge is -2.23. The lowest BCUT2D eigenvalue weighted by atomic mass is 9.86. The first-order valence-electron chi connectivity index (χ1n) is 9.20. The van der Waals surface area contributed by atoms with Gasteiger partial charge in [0.05, 0.1) is 14.2 Å². The molecule has 0 aliphatic rings. The Morgan fingerprint density at radius 2 is 1.41 bits per heavy atom. The van der Waals surface area contributed by atoms with Crippen LogP contribution >= 0.6 is 0 Å². The number of methoxy groups -OCH3 is 2. The highest BCUT2D eigenvalue weighted by Gasteiger charge is 2.20. The molecule has 148 valence electrons. The van der Waals surface area contributed by atoms with Gasteiger partial charge in [-0.15, -0.1) is 0 Å². The molecule has 2 N–H and O–H groups in total. The molecule has 0 spiro atoms. The second-order valence-electron chi connectivity index (χ2n) is 7.32. The first-order valence-corrected chi connectivity index (χ1v) is 9.20. The summed E-state index contributed by atoms with van der Waals surface area (Å²) < 4.78 is 22.6. The van der Waals surface area contributed by atoms with Crippen molar-refractivity contribution < 1.29 is 18.9 Å². The monoisotopic (exact) mass is 373 g/mol. The van der Waals surface area contributed by atoms with Gasteiger partial charge in [0, 0.05) is 11.6 Å². The zero-order valence-corrected chi connectivity index (χ0v) is 17.0. The minimum Gasteiger partial charge on any atom is -0.497 e. The Morgan fingerprint density at radius 1 is 0.815 bits per heavy atom. The van der Waals surface area contributed by atoms with Gasteiger partial charge in [-0.2, -0.15) is 0 Å². The maximum Gasteiger partial charge on any atom is 0.126 e. The summed E-state index contributed by atoms with van der Waals surface area (Å²) in [7, 11) is 3.31. The molecule has 0 heterocycles. The number of hydrogen-bond donors (Lipinski definition) is 1. The largest absolute Gasteiger partial charge is 0.497 e. The number of nitrogens with two attached hydrogens (primary N) is 1. The molecule has 0 aromatic heterocycles. The van der Waals surface area contributed by atoms with Gasteiger partial charge in [0.15, 0.2) is 0 Å². The third-order valence-corrected chi connectivity index (χ3v) is 4.28. The van der Waals surface area contributed by atoms with Crippen molar-refractivity contribution in [2.45, 2.75) is 32.6 Å². The maximum absolute atomic E-state index is 6.00. The third-order valence-electron chi connectivity index (χ3n) is 4.28. The fourth-order valence-electron chi connectivity index (χ4n) is 2.81. The summed E-state index contributed by atoms with van der Waals surface area (Å²) in [5.41, 5.74) is 7.81. The minimum absolute atomic E-state index is 0.0498. The summed E-state index contributed by atoms with van der Waals surface area (Å²) in [5.74, 6) is 3.22. The van der Waals surface area contributed by atoms with E-state index in [-0.39, 0.29) is 5.41 Å². The van der Waals surface area contributed by atoms with Crippen LogP contribution in [0.4, 0.5) is 0 Å². The van der Waals surface area contributed by atoms with Gasteiger partial charge < -0.3 is 24.7 Å². The van der Waals surface area contributed by atoms with E-state index in [2.05, 4.69) is 20.8 Å². The first-order chi connectivity index (χ1) is 12.9. The van der Waals surface area contributed by atoms with Crippen LogP contribution in [-0.4, -0.2) is 34.0 Å². The Labute approximate surface area is 162 Å². The molecule has 5 nitrogen and oxygen atoms in total. The highest BCUT2D eigenvalue weighted by atomic mass is 16.5. The molecule has 0 aliphatic heterocycles. The fraction of sp³-hybridized carbons (Fsp3) is 0.455. The quantitative estimate of drug-likeness (QED) is 0.674. The van der Waals surface area contributed by atoms with Crippen molar-refractivity contribution >= 4 is 0 Å². The van der Waals surface area contributed by atoms with Crippen LogP contribution < -0.4 is 24.7 Å².